The molecular weight excluding hydrogens is 272 g/mol. The summed E-state index contributed by atoms with van der Waals surface area (Å²) in [6, 6.07) is 0.124. The van der Waals surface area contributed by atoms with Crippen LogP contribution in [0, 0.1) is 0 Å². The van der Waals surface area contributed by atoms with Crippen LogP contribution in [0.25, 0.3) is 0 Å². The number of rotatable bonds is 8. The number of nitrogens with zero attached hydrogens (tertiary/aromatic N) is 1. The van der Waals surface area contributed by atoms with E-state index < -0.39 is 0 Å². The molecule has 1 heterocycles. The van der Waals surface area contributed by atoms with E-state index >= 15 is 0 Å². The topological polar surface area (TPSA) is 60.0 Å². The second-order valence-corrected chi connectivity index (χ2v) is 4.30. The Kier molecular flexibility index (Phi) is 11.2. The van der Waals surface area contributed by atoms with Gasteiger partial charge < -0.3 is 24.4 Å². The Morgan fingerprint density at radius 2 is 1.95 bits per heavy atom. The van der Waals surface area contributed by atoms with Gasteiger partial charge in [-0.15, -0.1) is 12.4 Å². The monoisotopic (exact) mass is 296 g/mol. The first-order valence-electron chi connectivity index (χ1n) is 6.34. The molecule has 19 heavy (non-hydrogen) atoms. The zero-order valence-corrected chi connectivity index (χ0v) is 12.5. The molecule has 0 aromatic heterocycles. The molecule has 1 atom stereocenters. The van der Waals surface area contributed by atoms with Crippen LogP contribution in [0.15, 0.2) is 0 Å². The van der Waals surface area contributed by atoms with Gasteiger partial charge in [-0.05, 0) is 0 Å². The molecule has 1 fully saturated rings. The van der Waals surface area contributed by atoms with Crippen LogP contribution in [0.5, 0.6) is 0 Å². The summed E-state index contributed by atoms with van der Waals surface area (Å²) in [5, 5.41) is 3.28. The van der Waals surface area contributed by atoms with Gasteiger partial charge in [-0.3, -0.25) is 4.79 Å². The van der Waals surface area contributed by atoms with Crippen molar-refractivity contribution in [3.8, 4) is 0 Å². The number of hydrogen-bond acceptors (Lipinski definition) is 5. The van der Waals surface area contributed by atoms with Gasteiger partial charge in [-0.2, -0.15) is 0 Å². The fourth-order valence-corrected chi connectivity index (χ4v) is 1.85. The third kappa shape index (κ3) is 7.69. The molecule has 0 bridgehead atoms. The lowest BCUT2D eigenvalue weighted by atomic mass is 10.2. The molecule has 1 saturated heterocycles. The van der Waals surface area contributed by atoms with E-state index in [4.69, 9.17) is 14.2 Å². The minimum absolute atomic E-state index is 0. The third-order valence-corrected chi connectivity index (χ3v) is 2.90. The molecule has 1 aliphatic rings. The lowest BCUT2D eigenvalue weighted by molar-refractivity contribution is -0.133. The van der Waals surface area contributed by atoms with Gasteiger partial charge in [0.2, 0.25) is 5.91 Å². The maximum absolute atomic E-state index is 12.1. The van der Waals surface area contributed by atoms with Crippen molar-refractivity contribution in [2.45, 2.75) is 12.5 Å². The molecule has 0 saturated carbocycles. The summed E-state index contributed by atoms with van der Waals surface area (Å²) >= 11 is 0. The molecule has 1 rings (SSSR count). The molecule has 1 unspecified atom stereocenters. The number of nitrogens with one attached hydrogen (secondary N) is 1. The zero-order valence-electron chi connectivity index (χ0n) is 11.7. The van der Waals surface area contributed by atoms with Gasteiger partial charge in [0.1, 0.15) is 0 Å². The van der Waals surface area contributed by atoms with E-state index in [0.29, 0.717) is 39.3 Å². The lowest BCUT2D eigenvalue weighted by Crippen LogP contribution is -2.46. The molecule has 0 spiro atoms. The molecule has 0 aromatic rings. The zero-order chi connectivity index (χ0) is 13.2. The number of morpholine rings is 1. The third-order valence-electron chi connectivity index (χ3n) is 2.90. The van der Waals surface area contributed by atoms with E-state index in [9.17, 15) is 4.79 Å². The van der Waals surface area contributed by atoms with Crippen molar-refractivity contribution in [2.75, 3.05) is 60.3 Å². The highest BCUT2D eigenvalue weighted by atomic mass is 35.5. The standard InChI is InChI=1S/C12H24N2O4.ClH/c1-16-7-4-14(5-8-17-2)12(15)9-11-10-18-6-3-13-11;/h11,13H,3-10H2,1-2H3;1H. The van der Waals surface area contributed by atoms with Crippen molar-refractivity contribution in [2.24, 2.45) is 0 Å². The van der Waals surface area contributed by atoms with Crippen LogP contribution in [-0.4, -0.2) is 77.1 Å². The Bertz CT molecular complexity index is 230. The molecular formula is C12H25ClN2O4. The second kappa shape index (κ2) is 11.4. The van der Waals surface area contributed by atoms with Gasteiger partial charge in [0.15, 0.2) is 0 Å². The van der Waals surface area contributed by atoms with E-state index in [1.165, 1.54) is 0 Å². The molecule has 7 heteroatoms. The Labute approximate surface area is 121 Å². The SMILES string of the molecule is COCCN(CCOC)C(=O)CC1COCCN1.Cl. The Hall–Kier alpha value is -0.400. The van der Waals surface area contributed by atoms with Gasteiger partial charge in [0, 0.05) is 46.3 Å². The summed E-state index contributed by atoms with van der Waals surface area (Å²) in [6.07, 6.45) is 0.466. The first kappa shape index (κ1) is 18.6. The number of methoxy groups -OCH3 is 2. The van der Waals surface area contributed by atoms with E-state index in [2.05, 4.69) is 5.32 Å². The second-order valence-electron chi connectivity index (χ2n) is 4.30. The highest BCUT2D eigenvalue weighted by molar-refractivity contribution is 5.85. The summed E-state index contributed by atoms with van der Waals surface area (Å²) < 4.78 is 15.4. The average molecular weight is 297 g/mol. The number of amides is 1. The Balaban J connectivity index is 0.00000324. The maximum atomic E-state index is 12.1. The lowest BCUT2D eigenvalue weighted by Gasteiger charge is -2.27. The van der Waals surface area contributed by atoms with Gasteiger partial charge >= 0.3 is 0 Å². The van der Waals surface area contributed by atoms with E-state index in [-0.39, 0.29) is 24.4 Å². The molecule has 6 nitrogen and oxygen atoms in total. The van der Waals surface area contributed by atoms with Crippen molar-refractivity contribution in [1.29, 1.82) is 0 Å². The van der Waals surface area contributed by atoms with Crippen LogP contribution in [0.4, 0.5) is 0 Å². The van der Waals surface area contributed by atoms with Crippen LogP contribution >= 0.6 is 12.4 Å². The highest BCUT2D eigenvalue weighted by Crippen LogP contribution is 2.03. The van der Waals surface area contributed by atoms with E-state index in [0.717, 1.165) is 13.2 Å². The molecule has 1 amide bonds. The molecule has 0 aliphatic carbocycles. The summed E-state index contributed by atoms with van der Waals surface area (Å²) in [5.41, 5.74) is 0. The smallest absolute Gasteiger partial charge is 0.224 e. The van der Waals surface area contributed by atoms with Gasteiger partial charge in [-0.25, -0.2) is 0 Å². The molecule has 1 N–H and O–H groups in total. The first-order valence-corrected chi connectivity index (χ1v) is 6.34. The number of ether oxygens (including phenoxy) is 3. The van der Waals surface area contributed by atoms with Crippen LogP contribution in [0.3, 0.4) is 0 Å². The summed E-state index contributed by atoms with van der Waals surface area (Å²) in [5.74, 6) is 0.118. The van der Waals surface area contributed by atoms with Gasteiger partial charge in [0.25, 0.3) is 0 Å². The Morgan fingerprint density at radius 1 is 1.32 bits per heavy atom. The molecule has 114 valence electrons. The Morgan fingerprint density at radius 3 is 2.42 bits per heavy atom. The quantitative estimate of drug-likeness (QED) is 0.678. The van der Waals surface area contributed by atoms with Crippen molar-refractivity contribution in [3.05, 3.63) is 0 Å². The fourth-order valence-electron chi connectivity index (χ4n) is 1.85. The van der Waals surface area contributed by atoms with Crippen LogP contribution in [-0.2, 0) is 19.0 Å². The molecule has 0 aromatic carbocycles. The highest BCUT2D eigenvalue weighted by Gasteiger charge is 2.20. The first-order chi connectivity index (χ1) is 8.77. The predicted molar refractivity (Wildman–Crippen MR) is 74.8 cm³/mol. The van der Waals surface area contributed by atoms with E-state index in [1.54, 1.807) is 19.1 Å². The predicted octanol–water partition coefficient (Wildman–Crippen LogP) is -0.0919. The number of carbonyl (C=O) groups is 1. The molecule has 1 aliphatic heterocycles. The normalized spacial score (nSPS) is 18.7. The summed E-state index contributed by atoms with van der Waals surface area (Å²) in [4.78, 5) is 13.9. The van der Waals surface area contributed by atoms with Crippen LogP contribution in [0.1, 0.15) is 6.42 Å². The fraction of sp³-hybridized carbons (Fsp3) is 0.917. The number of carbonyl (C=O) groups excluding carboxylic acids is 1. The average Bonchev–Trinajstić information content (AvgIpc) is 2.40. The van der Waals surface area contributed by atoms with E-state index in [1.807, 2.05) is 0 Å². The van der Waals surface area contributed by atoms with Crippen molar-refractivity contribution in [3.63, 3.8) is 0 Å². The van der Waals surface area contributed by atoms with Gasteiger partial charge in [-0.1, -0.05) is 0 Å². The van der Waals surface area contributed by atoms with Gasteiger partial charge in [0.05, 0.1) is 26.4 Å². The minimum Gasteiger partial charge on any atom is -0.383 e. The molecule has 0 radical (unpaired) electrons. The number of halogens is 1. The maximum Gasteiger partial charge on any atom is 0.224 e. The minimum atomic E-state index is 0. The van der Waals surface area contributed by atoms with Crippen molar-refractivity contribution in [1.82, 2.24) is 10.2 Å². The van der Waals surface area contributed by atoms with Crippen LogP contribution in [0.2, 0.25) is 0 Å². The summed E-state index contributed by atoms with van der Waals surface area (Å²) in [7, 11) is 3.27. The van der Waals surface area contributed by atoms with Crippen molar-refractivity contribution < 1.29 is 19.0 Å². The number of hydrogen-bond donors (Lipinski definition) is 1. The summed E-state index contributed by atoms with van der Waals surface area (Å²) in [6.45, 7) is 4.44. The largest absolute Gasteiger partial charge is 0.383 e. The van der Waals surface area contributed by atoms with Crippen molar-refractivity contribution >= 4 is 18.3 Å². The van der Waals surface area contributed by atoms with Crippen LogP contribution < -0.4 is 5.32 Å².